The number of thioether (sulfide) groups is 1. The first kappa shape index (κ1) is 19.4. The molecule has 146 valence electrons. The average molecular weight is 394 g/mol. The summed E-state index contributed by atoms with van der Waals surface area (Å²) in [5, 5.41) is 5.65. The van der Waals surface area contributed by atoms with Crippen LogP contribution in [0.2, 0.25) is 0 Å². The van der Waals surface area contributed by atoms with Crippen LogP contribution in [0.25, 0.3) is 0 Å². The van der Waals surface area contributed by atoms with Gasteiger partial charge in [0.2, 0.25) is 16.8 Å². The Morgan fingerprint density at radius 3 is 2.89 bits per heavy atom. The van der Waals surface area contributed by atoms with Crippen LogP contribution in [-0.4, -0.2) is 68.3 Å². The van der Waals surface area contributed by atoms with Crippen LogP contribution in [0, 0.1) is 0 Å². The topological polar surface area (TPSA) is 150 Å². The Bertz CT molecular complexity index is 719. The summed E-state index contributed by atoms with van der Waals surface area (Å²) >= 11 is 1.18. The highest BCUT2D eigenvalue weighted by atomic mass is 32.2. The molecule has 10 nitrogen and oxygen atoms in total. The average Bonchev–Trinajstić information content (AvgIpc) is 3.33. The molecule has 1 aromatic heterocycles. The second-order valence-electron chi connectivity index (χ2n) is 6.49. The smallest absolute Gasteiger partial charge is 0.269 e. The summed E-state index contributed by atoms with van der Waals surface area (Å²) in [4.78, 5) is 55.9. The van der Waals surface area contributed by atoms with E-state index in [1.54, 1.807) is 6.20 Å². The maximum Gasteiger partial charge on any atom is 0.269 e. The normalized spacial score (nSPS) is 26.2. The van der Waals surface area contributed by atoms with Crippen molar-refractivity contribution in [1.29, 1.82) is 0 Å². The predicted octanol–water partition coefficient (Wildman–Crippen LogP) is -1.51. The van der Waals surface area contributed by atoms with E-state index in [1.165, 1.54) is 23.0 Å². The number of nitrogens with one attached hydrogen (secondary N) is 3. The molecule has 0 bridgehead atoms. The number of aromatic amines is 1. The van der Waals surface area contributed by atoms with E-state index in [-0.39, 0.29) is 12.3 Å². The van der Waals surface area contributed by atoms with Crippen molar-refractivity contribution in [1.82, 2.24) is 25.5 Å². The van der Waals surface area contributed by atoms with Crippen LogP contribution in [0.15, 0.2) is 12.5 Å². The Hall–Kier alpha value is -2.40. The van der Waals surface area contributed by atoms with Crippen LogP contribution in [0.5, 0.6) is 0 Å². The quantitative estimate of drug-likeness (QED) is 0.411. The van der Waals surface area contributed by atoms with Crippen molar-refractivity contribution in [2.75, 3.05) is 12.3 Å². The zero-order valence-electron chi connectivity index (χ0n) is 14.6. The number of aromatic nitrogens is 2. The summed E-state index contributed by atoms with van der Waals surface area (Å²) in [6.45, 7) is 0.462. The van der Waals surface area contributed by atoms with E-state index in [0.29, 0.717) is 43.5 Å². The number of carbonyl (C=O) groups excluding carboxylic acids is 4. The van der Waals surface area contributed by atoms with Gasteiger partial charge in [-0.3, -0.25) is 24.6 Å². The lowest BCUT2D eigenvalue weighted by molar-refractivity contribution is -0.150. The number of hydrogen-bond acceptors (Lipinski definition) is 7. The van der Waals surface area contributed by atoms with E-state index in [1.807, 2.05) is 0 Å². The van der Waals surface area contributed by atoms with Gasteiger partial charge < -0.3 is 20.8 Å². The minimum atomic E-state index is -1.54. The number of nitrogens with two attached hydrogens (primary N) is 1. The first-order valence-electron chi connectivity index (χ1n) is 8.72. The van der Waals surface area contributed by atoms with E-state index in [2.05, 4.69) is 20.6 Å². The minimum Gasteiger partial charge on any atom is -0.366 e. The molecule has 2 saturated heterocycles. The Morgan fingerprint density at radius 2 is 2.33 bits per heavy atom. The summed E-state index contributed by atoms with van der Waals surface area (Å²) in [7, 11) is 0. The zero-order valence-corrected chi connectivity index (χ0v) is 15.5. The molecule has 0 radical (unpaired) electrons. The molecule has 27 heavy (non-hydrogen) atoms. The number of hydrogen-bond donors (Lipinski definition) is 4. The fourth-order valence-electron chi connectivity index (χ4n) is 3.43. The molecule has 0 aliphatic carbocycles. The number of amides is 3. The molecule has 3 amide bonds. The summed E-state index contributed by atoms with van der Waals surface area (Å²) in [6, 6.07) is -1.75. The maximum atomic E-state index is 13.3. The Balaban J connectivity index is 1.96. The van der Waals surface area contributed by atoms with Gasteiger partial charge in [0.25, 0.3) is 5.91 Å². The first-order chi connectivity index (χ1) is 13.0. The number of H-pyrrole nitrogens is 1. The Kier molecular flexibility index (Phi) is 5.80. The van der Waals surface area contributed by atoms with Gasteiger partial charge in [-0.25, -0.2) is 4.98 Å². The molecular weight excluding hydrogens is 372 g/mol. The number of rotatable bonds is 7. The molecule has 0 saturated carbocycles. The molecule has 0 aromatic carbocycles. The third-order valence-electron chi connectivity index (χ3n) is 4.69. The van der Waals surface area contributed by atoms with Crippen LogP contribution < -0.4 is 16.4 Å². The third kappa shape index (κ3) is 3.83. The highest BCUT2D eigenvalue weighted by Gasteiger charge is 2.52. The largest absolute Gasteiger partial charge is 0.366 e. The summed E-state index contributed by atoms with van der Waals surface area (Å²) in [5.41, 5.74) is 6.29. The number of imidazole rings is 1. The number of carbonyl (C=O) groups is 4. The van der Waals surface area contributed by atoms with E-state index in [4.69, 9.17) is 5.73 Å². The predicted molar refractivity (Wildman–Crippen MR) is 97.2 cm³/mol. The fourth-order valence-corrected chi connectivity index (χ4v) is 4.64. The second-order valence-corrected chi connectivity index (χ2v) is 7.78. The van der Waals surface area contributed by atoms with E-state index in [9.17, 15) is 19.2 Å². The lowest BCUT2D eigenvalue weighted by Gasteiger charge is -2.43. The monoisotopic (exact) mass is 394 g/mol. The van der Waals surface area contributed by atoms with Gasteiger partial charge in [-0.1, -0.05) is 0 Å². The van der Waals surface area contributed by atoms with Crippen LogP contribution in [-0.2, 0) is 25.6 Å². The van der Waals surface area contributed by atoms with E-state index >= 15 is 0 Å². The Labute approximate surface area is 160 Å². The lowest BCUT2D eigenvalue weighted by atomic mass is 10.0. The third-order valence-corrected chi connectivity index (χ3v) is 6.06. The van der Waals surface area contributed by atoms with Crippen LogP contribution in [0.4, 0.5) is 0 Å². The van der Waals surface area contributed by atoms with E-state index < -0.39 is 28.9 Å². The molecule has 3 atom stereocenters. The molecule has 3 heterocycles. The molecule has 2 aliphatic heterocycles. The number of primary amides is 1. The van der Waals surface area contributed by atoms with Crippen molar-refractivity contribution >= 4 is 35.8 Å². The highest BCUT2D eigenvalue weighted by molar-refractivity contribution is 8.01. The zero-order chi connectivity index (χ0) is 19.4. The SMILES string of the molecule is NC(=O)C1(N(C(=O)C2CCCC(=O)N2)[C@H](C=O)Cc2cnc[nH]2)NCCS1. The maximum absolute atomic E-state index is 13.3. The number of piperidine rings is 1. The summed E-state index contributed by atoms with van der Waals surface area (Å²) in [5.74, 6) is -0.924. The van der Waals surface area contributed by atoms with Crippen molar-refractivity contribution in [2.24, 2.45) is 5.73 Å². The molecule has 3 rings (SSSR count). The number of aldehydes is 1. The van der Waals surface area contributed by atoms with Crippen LogP contribution in [0.3, 0.4) is 0 Å². The van der Waals surface area contributed by atoms with Crippen molar-refractivity contribution in [2.45, 2.75) is 42.8 Å². The van der Waals surface area contributed by atoms with Gasteiger partial charge in [0.05, 0.1) is 12.4 Å². The van der Waals surface area contributed by atoms with Gasteiger partial charge in [0.1, 0.15) is 12.3 Å². The summed E-state index contributed by atoms with van der Waals surface area (Å²) < 4.78 is 0. The molecule has 2 fully saturated rings. The van der Waals surface area contributed by atoms with Crippen molar-refractivity contribution in [3.63, 3.8) is 0 Å². The van der Waals surface area contributed by atoms with Gasteiger partial charge in [-0.05, 0) is 12.8 Å². The Morgan fingerprint density at radius 1 is 1.52 bits per heavy atom. The van der Waals surface area contributed by atoms with Crippen LogP contribution >= 0.6 is 11.8 Å². The van der Waals surface area contributed by atoms with Crippen molar-refractivity contribution < 1.29 is 19.2 Å². The number of nitrogens with zero attached hydrogens (tertiary/aromatic N) is 2. The molecule has 5 N–H and O–H groups in total. The summed E-state index contributed by atoms with van der Waals surface area (Å²) in [6.07, 6.45) is 5.14. The van der Waals surface area contributed by atoms with Gasteiger partial charge in [-0.15, -0.1) is 11.8 Å². The lowest BCUT2D eigenvalue weighted by Crippen LogP contribution is -2.69. The molecular formula is C16H22N6O4S. The van der Waals surface area contributed by atoms with Crippen molar-refractivity contribution in [3.8, 4) is 0 Å². The van der Waals surface area contributed by atoms with Gasteiger partial charge in [0, 0.05) is 37.0 Å². The molecule has 2 aliphatic rings. The van der Waals surface area contributed by atoms with Crippen molar-refractivity contribution in [3.05, 3.63) is 18.2 Å². The molecule has 2 unspecified atom stereocenters. The molecule has 11 heteroatoms. The van der Waals surface area contributed by atoms with Gasteiger partial charge >= 0.3 is 0 Å². The minimum absolute atomic E-state index is 0.146. The van der Waals surface area contributed by atoms with E-state index in [0.717, 1.165) is 0 Å². The fraction of sp³-hybridized carbons (Fsp3) is 0.562. The van der Waals surface area contributed by atoms with Gasteiger partial charge in [-0.2, -0.15) is 0 Å². The first-order valence-corrected chi connectivity index (χ1v) is 9.70. The second kappa shape index (κ2) is 8.09. The standard InChI is InChI=1S/C16H22N6O4S/c17-15(26)16(20-4-5-27-16)22(11(8-23)6-10-7-18-9-19-10)14(25)12-2-1-3-13(24)21-12/h7-9,11-12,20H,1-6H2,(H2,17,26)(H,18,19)(H,21,24)/t11-,12?,16?/m0/s1. The van der Waals surface area contributed by atoms with Gasteiger partial charge in [0.15, 0.2) is 0 Å². The van der Waals surface area contributed by atoms with Crippen LogP contribution in [0.1, 0.15) is 25.0 Å². The molecule has 1 aromatic rings. The highest BCUT2D eigenvalue weighted by Crippen LogP contribution is 2.34. The molecule has 0 spiro atoms.